The van der Waals surface area contributed by atoms with Gasteiger partial charge in [0.1, 0.15) is 18.9 Å². The van der Waals surface area contributed by atoms with Gasteiger partial charge in [-0.2, -0.15) is 0 Å². The van der Waals surface area contributed by atoms with Gasteiger partial charge in [0.05, 0.1) is 11.9 Å². The Bertz CT molecular complexity index is 1150. The van der Waals surface area contributed by atoms with Gasteiger partial charge in [0.2, 0.25) is 15.9 Å². The van der Waals surface area contributed by atoms with E-state index in [1.54, 1.807) is 36.0 Å². The van der Waals surface area contributed by atoms with Crippen LogP contribution in [-0.2, 0) is 21.4 Å². The number of benzene rings is 3. The average Bonchev–Trinajstić information content (AvgIpc) is 2.82. The number of amides is 1. The fourth-order valence-electron chi connectivity index (χ4n) is 3.16. The topological polar surface area (TPSA) is 75.7 Å². The van der Waals surface area contributed by atoms with E-state index >= 15 is 0 Å². The first-order valence-electron chi connectivity index (χ1n) is 11.0. The number of aryl methyl sites for hydroxylation is 1. The lowest BCUT2D eigenvalue weighted by Gasteiger charge is -2.22. The van der Waals surface area contributed by atoms with E-state index < -0.39 is 10.0 Å². The normalized spacial score (nSPS) is 11.1. The Hall–Kier alpha value is -2.97. The summed E-state index contributed by atoms with van der Waals surface area (Å²) in [5, 5.41) is 2.82. The van der Waals surface area contributed by atoms with Crippen molar-refractivity contribution in [2.45, 2.75) is 24.8 Å². The maximum atomic E-state index is 12.4. The molecule has 0 heterocycles. The maximum absolute atomic E-state index is 12.4. The van der Waals surface area contributed by atoms with Crippen LogP contribution in [0.5, 0.6) is 5.75 Å². The van der Waals surface area contributed by atoms with Gasteiger partial charge >= 0.3 is 0 Å². The van der Waals surface area contributed by atoms with Gasteiger partial charge in [-0.15, -0.1) is 11.8 Å². The van der Waals surface area contributed by atoms with Crippen molar-refractivity contribution in [2.24, 2.45) is 0 Å². The van der Waals surface area contributed by atoms with Crippen LogP contribution >= 0.6 is 11.8 Å². The monoisotopic (exact) mass is 498 g/mol. The van der Waals surface area contributed by atoms with Crippen LogP contribution in [0, 0.1) is 6.92 Å². The molecular weight excluding hydrogens is 468 g/mol. The number of carbonyl (C=O) groups excluding carboxylic acids is 1. The highest BCUT2D eigenvalue weighted by Gasteiger charge is 2.20. The van der Waals surface area contributed by atoms with Crippen LogP contribution in [0.1, 0.15) is 17.5 Å². The standard InChI is InChI=1S/C26H30N2O4S2/c1-21-9-15-25(16-10-21)33-18-6-17-27-26(29)19-28(34(2,30)31)23-11-13-24(14-12-23)32-20-22-7-4-3-5-8-22/h3-5,7-16H,6,17-20H2,1-2H3,(H,27,29). The first kappa shape index (κ1) is 25.6. The van der Waals surface area contributed by atoms with E-state index in [1.165, 1.54) is 10.5 Å². The van der Waals surface area contributed by atoms with Gasteiger partial charge in [0, 0.05) is 11.4 Å². The van der Waals surface area contributed by atoms with Crippen molar-refractivity contribution >= 4 is 33.4 Å². The van der Waals surface area contributed by atoms with E-state index in [9.17, 15) is 13.2 Å². The fourth-order valence-corrected chi connectivity index (χ4v) is 4.87. The van der Waals surface area contributed by atoms with Crippen LogP contribution in [-0.4, -0.2) is 39.4 Å². The Morgan fingerprint density at radius 2 is 1.65 bits per heavy atom. The lowest BCUT2D eigenvalue weighted by molar-refractivity contribution is -0.119. The van der Waals surface area contributed by atoms with Crippen molar-refractivity contribution in [3.63, 3.8) is 0 Å². The van der Waals surface area contributed by atoms with E-state index in [2.05, 4.69) is 36.5 Å². The molecule has 3 rings (SSSR count). The molecule has 0 unspecified atom stereocenters. The molecule has 3 aromatic rings. The number of nitrogens with one attached hydrogen (secondary N) is 1. The maximum Gasteiger partial charge on any atom is 0.240 e. The van der Waals surface area contributed by atoms with E-state index in [0.29, 0.717) is 24.6 Å². The lowest BCUT2D eigenvalue weighted by atomic mass is 10.2. The van der Waals surface area contributed by atoms with Crippen LogP contribution in [0.3, 0.4) is 0 Å². The zero-order chi connectivity index (χ0) is 24.4. The summed E-state index contributed by atoms with van der Waals surface area (Å²) >= 11 is 1.73. The summed E-state index contributed by atoms with van der Waals surface area (Å²) in [7, 11) is -3.63. The first-order valence-corrected chi connectivity index (χ1v) is 13.9. The molecule has 0 atom stereocenters. The second kappa shape index (κ2) is 12.5. The number of nitrogens with zero attached hydrogens (tertiary/aromatic N) is 1. The molecule has 0 saturated carbocycles. The highest BCUT2D eigenvalue weighted by molar-refractivity contribution is 7.99. The molecule has 0 radical (unpaired) electrons. The number of thioether (sulfide) groups is 1. The minimum absolute atomic E-state index is 0.270. The second-order valence-electron chi connectivity index (χ2n) is 7.90. The van der Waals surface area contributed by atoms with Crippen LogP contribution in [0.25, 0.3) is 0 Å². The fraction of sp³-hybridized carbons (Fsp3) is 0.269. The minimum Gasteiger partial charge on any atom is -0.489 e. The number of rotatable bonds is 12. The smallest absolute Gasteiger partial charge is 0.240 e. The van der Waals surface area contributed by atoms with Gasteiger partial charge in [-0.25, -0.2) is 8.42 Å². The zero-order valence-corrected chi connectivity index (χ0v) is 21.1. The van der Waals surface area contributed by atoms with Gasteiger partial charge in [0.15, 0.2) is 0 Å². The predicted octanol–water partition coefficient (Wildman–Crippen LogP) is 4.64. The van der Waals surface area contributed by atoms with Crippen molar-refractivity contribution < 1.29 is 17.9 Å². The summed E-state index contributed by atoms with van der Waals surface area (Å²) in [6, 6.07) is 24.8. The van der Waals surface area contributed by atoms with E-state index in [0.717, 1.165) is 28.3 Å². The molecule has 1 amide bonds. The number of hydrogen-bond donors (Lipinski definition) is 1. The number of sulfonamides is 1. The quantitative estimate of drug-likeness (QED) is 0.291. The molecule has 180 valence electrons. The van der Waals surface area contributed by atoms with Crippen molar-refractivity contribution in [1.29, 1.82) is 0 Å². The summed E-state index contributed by atoms with van der Waals surface area (Å²) in [5.41, 5.74) is 2.68. The molecule has 1 N–H and O–H groups in total. The summed E-state index contributed by atoms with van der Waals surface area (Å²) in [6.07, 6.45) is 1.88. The molecule has 3 aromatic carbocycles. The largest absolute Gasteiger partial charge is 0.489 e. The molecule has 34 heavy (non-hydrogen) atoms. The summed E-state index contributed by atoms with van der Waals surface area (Å²) < 4.78 is 31.5. The summed E-state index contributed by atoms with van der Waals surface area (Å²) in [6.45, 7) is 2.69. The third-order valence-electron chi connectivity index (χ3n) is 4.99. The first-order chi connectivity index (χ1) is 16.3. The molecule has 0 aromatic heterocycles. The predicted molar refractivity (Wildman–Crippen MR) is 139 cm³/mol. The molecule has 0 aliphatic carbocycles. The minimum atomic E-state index is -3.63. The summed E-state index contributed by atoms with van der Waals surface area (Å²) in [5.74, 6) is 1.15. The number of anilines is 1. The average molecular weight is 499 g/mol. The molecule has 0 fully saturated rings. The second-order valence-corrected chi connectivity index (χ2v) is 11.0. The van der Waals surface area contributed by atoms with E-state index in [1.807, 2.05) is 30.3 Å². The highest BCUT2D eigenvalue weighted by Crippen LogP contribution is 2.22. The molecule has 6 nitrogen and oxygen atoms in total. The van der Waals surface area contributed by atoms with Crippen LogP contribution < -0.4 is 14.4 Å². The van der Waals surface area contributed by atoms with Gasteiger partial charge in [0.25, 0.3) is 0 Å². The SMILES string of the molecule is Cc1ccc(SCCCNC(=O)CN(c2ccc(OCc3ccccc3)cc2)S(C)(=O)=O)cc1. The molecule has 8 heteroatoms. The molecule has 0 bridgehead atoms. The summed E-state index contributed by atoms with van der Waals surface area (Å²) in [4.78, 5) is 13.6. The molecule has 0 aliphatic heterocycles. The van der Waals surface area contributed by atoms with E-state index in [4.69, 9.17) is 4.74 Å². The van der Waals surface area contributed by atoms with Crippen molar-refractivity contribution in [3.8, 4) is 5.75 Å². The number of ether oxygens (including phenoxy) is 1. The Labute approximate surface area is 206 Å². The Balaban J connectivity index is 1.47. The Morgan fingerprint density at radius 1 is 0.971 bits per heavy atom. The van der Waals surface area contributed by atoms with Gasteiger partial charge in [-0.1, -0.05) is 48.0 Å². The Kier molecular flexibility index (Phi) is 9.42. The van der Waals surface area contributed by atoms with Crippen molar-refractivity contribution in [3.05, 3.63) is 90.0 Å². The zero-order valence-electron chi connectivity index (χ0n) is 19.4. The third-order valence-corrected chi connectivity index (χ3v) is 7.23. The molecule has 0 spiro atoms. The molecule has 0 aliphatic rings. The third kappa shape index (κ3) is 8.43. The van der Waals surface area contributed by atoms with Gasteiger partial charge in [-0.05, 0) is 61.1 Å². The van der Waals surface area contributed by atoms with Crippen LogP contribution in [0.15, 0.2) is 83.8 Å². The highest BCUT2D eigenvalue weighted by atomic mass is 32.2. The van der Waals surface area contributed by atoms with Crippen molar-refractivity contribution in [1.82, 2.24) is 5.32 Å². The molecule has 0 saturated heterocycles. The number of carbonyl (C=O) groups is 1. The van der Waals surface area contributed by atoms with Crippen LogP contribution in [0.2, 0.25) is 0 Å². The number of hydrogen-bond acceptors (Lipinski definition) is 5. The van der Waals surface area contributed by atoms with Crippen LogP contribution in [0.4, 0.5) is 5.69 Å². The Morgan fingerprint density at radius 3 is 2.29 bits per heavy atom. The van der Waals surface area contributed by atoms with E-state index in [-0.39, 0.29) is 12.5 Å². The molecular formula is C26H30N2O4S2. The van der Waals surface area contributed by atoms with Gasteiger partial charge < -0.3 is 10.1 Å². The van der Waals surface area contributed by atoms with Crippen molar-refractivity contribution in [2.75, 3.05) is 29.4 Å². The van der Waals surface area contributed by atoms with Gasteiger partial charge in [-0.3, -0.25) is 9.10 Å². The lowest BCUT2D eigenvalue weighted by Crippen LogP contribution is -2.40.